The van der Waals surface area contributed by atoms with Crippen molar-refractivity contribution in [2.45, 2.75) is 20.4 Å². The number of para-hydroxylation sites is 1. The molecule has 0 unspecified atom stereocenters. The molecule has 0 spiro atoms. The summed E-state index contributed by atoms with van der Waals surface area (Å²) in [6.07, 6.45) is 0. The molecular formula is C13H21NO3S. The van der Waals surface area contributed by atoms with E-state index in [1.54, 1.807) is 6.92 Å². The fraction of sp³-hybridized carbons (Fsp3) is 0.538. The first-order valence-corrected chi connectivity index (χ1v) is 7.88. The molecule has 0 aliphatic rings. The lowest BCUT2D eigenvalue weighted by Gasteiger charge is -2.13. The number of ether oxygens (including phenoxy) is 1. The minimum Gasteiger partial charge on any atom is -0.492 e. The molecule has 0 bridgehead atoms. The number of benzene rings is 1. The van der Waals surface area contributed by atoms with Gasteiger partial charge < -0.3 is 10.1 Å². The molecule has 4 nitrogen and oxygen atoms in total. The van der Waals surface area contributed by atoms with Crippen LogP contribution in [0.2, 0.25) is 0 Å². The van der Waals surface area contributed by atoms with Gasteiger partial charge in [0, 0.05) is 17.9 Å². The van der Waals surface area contributed by atoms with Crippen LogP contribution >= 0.6 is 0 Å². The van der Waals surface area contributed by atoms with Gasteiger partial charge in [-0.05, 0) is 19.5 Å². The van der Waals surface area contributed by atoms with E-state index in [0.29, 0.717) is 6.54 Å². The Morgan fingerprint density at radius 2 is 2.06 bits per heavy atom. The molecule has 1 aromatic carbocycles. The van der Waals surface area contributed by atoms with Crippen LogP contribution in [0.25, 0.3) is 0 Å². The van der Waals surface area contributed by atoms with Crippen molar-refractivity contribution in [2.75, 3.05) is 25.2 Å². The minimum atomic E-state index is -2.97. The highest BCUT2D eigenvalue weighted by Crippen LogP contribution is 2.23. The van der Waals surface area contributed by atoms with Crippen molar-refractivity contribution >= 4 is 9.84 Å². The molecule has 102 valence electrons. The summed E-state index contributed by atoms with van der Waals surface area (Å²) in [5, 5.41) is 3.07. The van der Waals surface area contributed by atoms with Crippen molar-refractivity contribution in [1.82, 2.24) is 5.32 Å². The Hall–Kier alpha value is -1.07. The third-order valence-corrected chi connectivity index (χ3v) is 4.41. The highest BCUT2D eigenvalue weighted by Gasteiger charge is 2.10. The molecule has 1 aromatic rings. The fourth-order valence-corrected chi connectivity index (χ4v) is 2.29. The van der Waals surface area contributed by atoms with E-state index >= 15 is 0 Å². The SMILES string of the molecule is CCS(=O)(=O)CCOc1c(C)cccc1CNC. The Morgan fingerprint density at radius 3 is 2.67 bits per heavy atom. The monoisotopic (exact) mass is 271 g/mol. The molecule has 0 heterocycles. The van der Waals surface area contributed by atoms with E-state index in [9.17, 15) is 8.42 Å². The first-order valence-electron chi connectivity index (χ1n) is 6.06. The second kappa shape index (κ2) is 6.75. The van der Waals surface area contributed by atoms with Crippen molar-refractivity contribution in [2.24, 2.45) is 0 Å². The van der Waals surface area contributed by atoms with Gasteiger partial charge in [0.2, 0.25) is 0 Å². The van der Waals surface area contributed by atoms with E-state index in [0.717, 1.165) is 16.9 Å². The topological polar surface area (TPSA) is 55.4 Å². The summed E-state index contributed by atoms with van der Waals surface area (Å²) in [4.78, 5) is 0. The number of rotatable bonds is 7. The van der Waals surface area contributed by atoms with Crippen LogP contribution in [-0.2, 0) is 16.4 Å². The van der Waals surface area contributed by atoms with Crippen molar-refractivity contribution in [3.05, 3.63) is 29.3 Å². The maximum Gasteiger partial charge on any atom is 0.153 e. The summed E-state index contributed by atoms with van der Waals surface area (Å²) in [6.45, 7) is 4.52. The van der Waals surface area contributed by atoms with Gasteiger partial charge in [-0.3, -0.25) is 0 Å². The Labute approximate surface area is 109 Å². The van der Waals surface area contributed by atoms with Crippen LogP contribution in [0.15, 0.2) is 18.2 Å². The Balaban J connectivity index is 2.72. The molecule has 0 radical (unpaired) electrons. The van der Waals surface area contributed by atoms with Crippen LogP contribution < -0.4 is 10.1 Å². The molecule has 1 rings (SSSR count). The molecule has 0 aliphatic carbocycles. The average Bonchev–Trinajstić information content (AvgIpc) is 2.33. The van der Waals surface area contributed by atoms with Gasteiger partial charge in [0.05, 0.1) is 5.75 Å². The molecule has 0 atom stereocenters. The predicted molar refractivity (Wildman–Crippen MR) is 73.8 cm³/mol. The smallest absolute Gasteiger partial charge is 0.153 e. The van der Waals surface area contributed by atoms with Gasteiger partial charge >= 0.3 is 0 Å². The van der Waals surface area contributed by atoms with E-state index < -0.39 is 9.84 Å². The lowest BCUT2D eigenvalue weighted by Crippen LogP contribution is -2.17. The predicted octanol–water partition coefficient (Wildman–Crippen LogP) is 1.53. The highest BCUT2D eigenvalue weighted by molar-refractivity contribution is 7.91. The zero-order valence-electron chi connectivity index (χ0n) is 11.2. The molecule has 0 fully saturated rings. The van der Waals surface area contributed by atoms with Gasteiger partial charge in [0.25, 0.3) is 0 Å². The molecule has 0 saturated carbocycles. The summed E-state index contributed by atoms with van der Waals surface area (Å²) in [5.41, 5.74) is 2.07. The maximum absolute atomic E-state index is 11.4. The lowest BCUT2D eigenvalue weighted by atomic mass is 10.1. The van der Waals surface area contributed by atoms with Crippen LogP contribution in [-0.4, -0.2) is 33.6 Å². The first kappa shape index (κ1) is 15.0. The Kier molecular flexibility index (Phi) is 5.62. The standard InChI is InChI=1S/C13H21NO3S/c1-4-18(15,16)9-8-17-13-11(2)6-5-7-12(13)10-14-3/h5-7,14H,4,8-10H2,1-3H3. The van der Waals surface area contributed by atoms with E-state index in [-0.39, 0.29) is 18.1 Å². The maximum atomic E-state index is 11.4. The Bertz CT molecular complexity index is 483. The van der Waals surface area contributed by atoms with Gasteiger partial charge in [0.1, 0.15) is 12.4 Å². The third-order valence-electron chi connectivity index (χ3n) is 2.74. The van der Waals surface area contributed by atoms with Crippen LogP contribution in [0, 0.1) is 6.92 Å². The number of hydrogen-bond donors (Lipinski definition) is 1. The van der Waals surface area contributed by atoms with E-state index in [1.165, 1.54) is 0 Å². The summed E-state index contributed by atoms with van der Waals surface area (Å²) < 4.78 is 28.4. The second-order valence-electron chi connectivity index (χ2n) is 4.18. The van der Waals surface area contributed by atoms with E-state index in [4.69, 9.17) is 4.74 Å². The quantitative estimate of drug-likeness (QED) is 0.817. The van der Waals surface area contributed by atoms with Gasteiger partial charge in [-0.15, -0.1) is 0 Å². The van der Waals surface area contributed by atoms with Crippen LogP contribution in [0.4, 0.5) is 0 Å². The molecule has 18 heavy (non-hydrogen) atoms. The summed E-state index contributed by atoms with van der Waals surface area (Å²) in [6, 6.07) is 5.91. The minimum absolute atomic E-state index is 0.0663. The summed E-state index contributed by atoms with van der Waals surface area (Å²) in [5.74, 6) is 1.02. The van der Waals surface area contributed by atoms with Gasteiger partial charge in [0.15, 0.2) is 9.84 Å². The van der Waals surface area contributed by atoms with Gasteiger partial charge in [-0.25, -0.2) is 8.42 Å². The molecule has 0 saturated heterocycles. The summed E-state index contributed by atoms with van der Waals surface area (Å²) >= 11 is 0. The zero-order chi connectivity index (χ0) is 13.6. The molecule has 0 amide bonds. The third kappa shape index (κ3) is 4.31. The molecule has 0 aromatic heterocycles. The first-order chi connectivity index (χ1) is 8.50. The number of aryl methyl sites for hydroxylation is 1. The van der Waals surface area contributed by atoms with Crippen LogP contribution in [0.3, 0.4) is 0 Å². The average molecular weight is 271 g/mol. The van der Waals surface area contributed by atoms with Crippen molar-refractivity contribution < 1.29 is 13.2 Å². The van der Waals surface area contributed by atoms with Gasteiger partial charge in [-0.2, -0.15) is 0 Å². The fourth-order valence-electron chi connectivity index (χ4n) is 1.66. The molecule has 5 heteroatoms. The van der Waals surface area contributed by atoms with Crippen LogP contribution in [0.1, 0.15) is 18.1 Å². The van der Waals surface area contributed by atoms with Crippen LogP contribution in [0.5, 0.6) is 5.75 Å². The normalized spacial score (nSPS) is 11.5. The van der Waals surface area contributed by atoms with Crippen molar-refractivity contribution in [1.29, 1.82) is 0 Å². The van der Waals surface area contributed by atoms with Gasteiger partial charge in [-0.1, -0.05) is 25.1 Å². The number of nitrogens with one attached hydrogen (secondary N) is 1. The lowest BCUT2D eigenvalue weighted by molar-refractivity contribution is 0.334. The largest absolute Gasteiger partial charge is 0.492 e. The number of hydrogen-bond acceptors (Lipinski definition) is 4. The zero-order valence-corrected chi connectivity index (χ0v) is 12.0. The number of sulfone groups is 1. The van der Waals surface area contributed by atoms with Crippen molar-refractivity contribution in [3.63, 3.8) is 0 Å². The molecule has 1 N–H and O–H groups in total. The molecular weight excluding hydrogens is 250 g/mol. The molecule has 0 aliphatic heterocycles. The second-order valence-corrected chi connectivity index (χ2v) is 6.65. The van der Waals surface area contributed by atoms with E-state index in [2.05, 4.69) is 5.32 Å². The highest BCUT2D eigenvalue weighted by atomic mass is 32.2. The Morgan fingerprint density at radius 1 is 1.33 bits per heavy atom. The summed E-state index contributed by atoms with van der Waals surface area (Å²) in [7, 11) is -1.10. The van der Waals surface area contributed by atoms with E-state index in [1.807, 2.05) is 32.2 Å². The van der Waals surface area contributed by atoms with Crippen molar-refractivity contribution in [3.8, 4) is 5.75 Å².